The molecule has 0 rings (SSSR count). The molecular weight excluding hydrogens is 198 g/mol. The van der Waals surface area contributed by atoms with E-state index in [1.807, 2.05) is 32.8 Å². The summed E-state index contributed by atoms with van der Waals surface area (Å²) in [4.78, 5) is 1.94. The number of nitrogens with one attached hydrogen (secondary N) is 2. The third kappa shape index (κ3) is 8.22. The Morgan fingerprint density at radius 3 is 2.43 bits per heavy atom. The number of thiocarbonyl (C=S) groups is 1. The molecule has 0 spiro atoms. The zero-order valence-corrected chi connectivity index (χ0v) is 10.2. The summed E-state index contributed by atoms with van der Waals surface area (Å²) in [5, 5.41) is 16.1. The second-order valence-electron chi connectivity index (χ2n) is 3.93. The lowest BCUT2D eigenvalue weighted by molar-refractivity contribution is 0.139. The first-order chi connectivity index (χ1) is 6.41. The van der Waals surface area contributed by atoms with E-state index in [1.54, 1.807) is 0 Å². The summed E-state index contributed by atoms with van der Waals surface area (Å²) in [6.45, 7) is 5.16. The Bertz CT molecular complexity index is 173. The minimum absolute atomic E-state index is 0.320. The van der Waals surface area contributed by atoms with Crippen molar-refractivity contribution in [3.05, 3.63) is 0 Å². The Balaban J connectivity index is 3.56. The number of rotatable bonds is 5. The van der Waals surface area contributed by atoms with Gasteiger partial charge in [0, 0.05) is 19.1 Å². The first kappa shape index (κ1) is 13.6. The summed E-state index contributed by atoms with van der Waals surface area (Å²) in [7, 11) is 3.85. The fraction of sp³-hybridized carbons (Fsp3) is 0.889. The fourth-order valence-electron chi connectivity index (χ4n) is 1.01. The highest BCUT2D eigenvalue weighted by atomic mass is 32.1. The van der Waals surface area contributed by atoms with Crippen LogP contribution in [0.4, 0.5) is 0 Å². The third-order valence-corrected chi connectivity index (χ3v) is 1.76. The molecule has 1 atom stereocenters. The Hall–Kier alpha value is -0.390. The summed E-state index contributed by atoms with van der Waals surface area (Å²) in [6, 6.07) is 0.320. The van der Waals surface area contributed by atoms with Crippen LogP contribution in [-0.2, 0) is 0 Å². The first-order valence-corrected chi connectivity index (χ1v) is 5.19. The highest BCUT2D eigenvalue weighted by molar-refractivity contribution is 7.80. The van der Waals surface area contributed by atoms with Gasteiger partial charge in [-0.1, -0.05) is 0 Å². The molecule has 84 valence electrons. The van der Waals surface area contributed by atoms with Crippen molar-refractivity contribution in [2.75, 3.05) is 27.2 Å². The molecular formula is C9H21N3OS. The SMILES string of the molecule is CC(C)NC(=S)NC[C@@H](O)CN(C)C. The summed E-state index contributed by atoms with van der Waals surface area (Å²) >= 11 is 5.02. The molecule has 0 aliphatic rings. The normalized spacial score (nSPS) is 13.1. The molecule has 0 saturated heterocycles. The second kappa shape index (κ2) is 6.98. The predicted molar refractivity (Wildman–Crippen MR) is 63.4 cm³/mol. The van der Waals surface area contributed by atoms with Gasteiger partial charge in [-0.3, -0.25) is 0 Å². The Morgan fingerprint density at radius 2 is 2.00 bits per heavy atom. The van der Waals surface area contributed by atoms with E-state index < -0.39 is 6.10 Å². The molecule has 0 amide bonds. The summed E-state index contributed by atoms with van der Waals surface area (Å²) < 4.78 is 0. The van der Waals surface area contributed by atoms with Gasteiger partial charge in [0.05, 0.1) is 6.10 Å². The van der Waals surface area contributed by atoms with Gasteiger partial charge < -0.3 is 20.6 Å². The molecule has 0 aromatic heterocycles. The molecule has 0 aromatic rings. The molecule has 0 aliphatic heterocycles. The number of hydrogen-bond donors (Lipinski definition) is 3. The summed E-state index contributed by atoms with van der Waals surface area (Å²) in [5.41, 5.74) is 0. The van der Waals surface area contributed by atoms with Crippen molar-refractivity contribution in [1.29, 1.82) is 0 Å². The molecule has 3 N–H and O–H groups in total. The van der Waals surface area contributed by atoms with Crippen molar-refractivity contribution >= 4 is 17.3 Å². The second-order valence-corrected chi connectivity index (χ2v) is 4.33. The lowest BCUT2D eigenvalue weighted by Crippen LogP contribution is -2.44. The quantitative estimate of drug-likeness (QED) is 0.558. The smallest absolute Gasteiger partial charge is 0.166 e. The van der Waals surface area contributed by atoms with Gasteiger partial charge in [-0.25, -0.2) is 0 Å². The molecule has 0 radical (unpaired) electrons. The highest BCUT2D eigenvalue weighted by Crippen LogP contribution is 1.84. The maximum atomic E-state index is 9.51. The van der Waals surface area contributed by atoms with E-state index >= 15 is 0 Å². The maximum Gasteiger partial charge on any atom is 0.166 e. The van der Waals surface area contributed by atoms with Gasteiger partial charge >= 0.3 is 0 Å². The van der Waals surface area contributed by atoms with Crippen LogP contribution in [0.3, 0.4) is 0 Å². The molecule has 0 aliphatic carbocycles. The molecule has 0 aromatic carbocycles. The van der Waals surface area contributed by atoms with Crippen LogP contribution in [0.1, 0.15) is 13.8 Å². The number of aliphatic hydroxyl groups excluding tert-OH is 1. The molecule has 0 fully saturated rings. The van der Waals surface area contributed by atoms with Gasteiger partial charge in [0.1, 0.15) is 0 Å². The van der Waals surface area contributed by atoms with Gasteiger partial charge in [0.25, 0.3) is 0 Å². The Kier molecular flexibility index (Phi) is 6.78. The fourth-order valence-corrected chi connectivity index (χ4v) is 1.33. The number of nitrogens with zero attached hydrogens (tertiary/aromatic N) is 1. The minimum atomic E-state index is -0.392. The van der Waals surface area contributed by atoms with Crippen molar-refractivity contribution in [2.45, 2.75) is 26.0 Å². The standard InChI is InChI=1S/C9H21N3OS/c1-7(2)11-9(14)10-5-8(13)6-12(3)4/h7-8,13H,5-6H2,1-4H3,(H2,10,11,14)/t8-/m1/s1. The van der Waals surface area contributed by atoms with Crippen LogP contribution in [0.15, 0.2) is 0 Å². The van der Waals surface area contributed by atoms with Gasteiger partial charge in [0.15, 0.2) is 5.11 Å². The third-order valence-electron chi connectivity index (χ3n) is 1.49. The van der Waals surface area contributed by atoms with Crippen molar-refractivity contribution in [3.63, 3.8) is 0 Å². The molecule has 0 unspecified atom stereocenters. The zero-order valence-electron chi connectivity index (χ0n) is 9.37. The molecule has 5 heteroatoms. The van der Waals surface area contributed by atoms with Crippen LogP contribution in [0.25, 0.3) is 0 Å². The van der Waals surface area contributed by atoms with E-state index in [2.05, 4.69) is 10.6 Å². The van der Waals surface area contributed by atoms with E-state index in [0.29, 0.717) is 24.2 Å². The van der Waals surface area contributed by atoms with Crippen LogP contribution in [-0.4, -0.2) is 54.4 Å². The van der Waals surface area contributed by atoms with Gasteiger partial charge in [0.2, 0.25) is 0 Å². The topological polar surface area (TPSA) is 47.5 Å². The van der Waals surface area contributed by atoms with Crippen molar-refractivity contribution < 1.29 is 5.11 Å². The van der Waals surface area contributed by atoms with Crippen molar-refractivity contribution in [1.82, 2.24) is 15.5 Å². The van der Waals surface area contributed by atoms with E-state index in [0.717, 1.165) is 0 Å². The summed E-state index contributed by atoms with van der Waals surface area (Å²) in [6.07, 6.45) is -0.392. The van der Waals surface area contributed by atoms with E-state index in [9.17, 15) is 5.11 Å². The molecule has 4 nitrogen and oxygen atoms in total. The number of likely N-dealkylation sites (N-methyl/N-ethyl adjacent to an activating group) is 1. The van der Waals surface area contributed by atoms with E-state index in [4.69, 9.17) is 12.2 Å². The Morgan fingerprint density at radius 1 is 1.43 bits per heavy atom. The molecule has 0 saturated carbocycles. The van der Waals surface area contributed by atoms with E-state index in [-0.39, 0.29) is 0 Å². The van der Waals surface area contributed by atoms with E-state index in [1.165, 1.54) is 0 Å². The minimum Gasteiger partial charge on any atom is -0.390 e. The predicted octanol–water partition coefficient (Wildman–Crippen LogP) is -0.219. The first-order valence-electron chi connectivity index (χ1n) is 4.79. The lowest BCUT2D eigenvalue weighted by atomic mass is 10.3. The van der Waals surface area contributed by atoms with Crippen LogP contribution >= 0.6 is 12.2 Å². The van der Waals surface area contributed by atoms with Crippen LogP contribution in [0.5, 0.6) is 0 Å². The van der Waals surface area contributed by atoms with Crippen molar-refractivity contribution in [2.24, 2.45) is 0 Å². The van der Waals surface area contributed by atoms with Crippen molar-refractivity contribution in [3.8, 4) is 0 Å². The lowest BCUT2D eigenvalue weighted by Gasteiger charge is -2.18. The number of aliphatic hydroxyl groups is 1. The molecule has 0 bridgehead atoms. The molecule has 0 heterocycles. The monoisotopic (exact) mass is 219 g/mol. The van der Waals surface area contributed by atoms with Crippen LogP contribution in [0.2, 0.25) is 0 Å². The van der Waals surface area contributed by atoms with Gasteiger partial charge in [-0.2, -0.15) is 0 Å². The average Bonchev–Trinajstić information content (AvgIpc) is 1.98. The van der Waals surface area contributed by atoms with Gasteiger partial charge in [-0.05, 0) is 40.2 Å². The number of hydrogen-bond acceptors (Lipinski definition) is 3. The largest absolute Gasteiger partial charge is 0.390 e. The van der Waals surface area contributed by atoms with Crippen LogP contribution < -0.4 is 10.6 Å². The average molecular weight is 219 g/mol. The highest BCUT2D eigenvalue weighted by Gasteiger charge is 2.06. The molecule has 14 heavy (non-hydrogen) atoms. The Labute approximate surface area is 91.7 Å². The maximum absolute atomic E-state index is 9.51. The van der Waals surface area contributed by atoms with Crippen LogP contribution in [0, 0.1) is 0 Å². The van der Waals surface area contributed by atoms with Gasteiger partial charge in [-0.15, -0.1) is 0 Å². The summed E-state index contributed by atoms with van der Waals surface area (Å²) in [5.74, 6) is 0. The zero-order chi connectivity index (χ0) is 11.1.